The molecule has 17 heavy (non-hydrogen) atoms. The summed E-state index contributed by atoms with van der Waals surface area (Å²) in [7, 11) is 1.16. The summed E-state index contributed by atoms with van der Waals surface area (Å²) in [6, 6.07) is -1.78. The zero-order valence-corrected chi connectivity index (χ0v) is 10.2. The fourth-order valence-electron chi connectivity index (χ4n) is 1.20. The molecule has 7 heteroatoms. The minimum atomic E-state index is -1.27. The Morgan fingerprint density at radius 3 is 2.18 bits per heavy atom. The highest BCUT2D eigenvalue weighted by atomic mass is 16.5. The Bertz CT molecular complexity index is 288. The third-order valence-corrected chi connectivity index (χ3v) is 2.24. The molecule has 0 rings (SSSR count). The van der Waals surface area contributed by atoms with Gasteiger partial charge in [0.15, 0.2) is 0 Å². The number of nitrogens with zero attached hydrogens (tertiary/aromatic N) is 1. The number of rotatable bonds is 6. The molecule has 0 aliphatic heterocycles. The van der Waals surface area contributed by atoms with Crippen LogP contribution in [0.1, 0.15) is 20.3 Å². The number of amides is 2. The van der Waals surface area contributed by atoms with Crippen LogP contribution in [0, 0.1) is 0 Å². The van der Waals surface area contributed by atoms with E-state index in [4.69, 9.17) is 5.11 Å². The van der Waals surface area contributed by atoms with Gasteiger partial charge in [-0.15, -0.1) is 0 Å². The smallest absolute Gasteiger partial charge is 0.326 e. The first-order valence-electron chi connectivity index (χ1n) is 5.31. The van der Waals surface area contributed by atoms with Crippen LogP contribution in [-0.2, 0) is 14.3 Å². The second-order valence-corrected chi connectivity index (χ2v) is 3.29. The van der Waals surface area contributed by atoms with E-state index in [1.54, 1.807) is 13.8 Å². The number of methoxy groups -OCH3 is 1. The maximum Gasteiger partial charge on any atom is 0.326 e. The van der Waals surface area contributed by atoms with Crippen LogP contribution < -0.4 is 5.32 Å². The molecule has 98 valence electrons. The molecule has 0 aromatic rings. The van der Waals surface area contributed by atoms with Crippen LogP contribution in [-0.4, -0.2) is 54.2 Å². The van der Waals surface area contributed by atoms with E-state index in [-0.39, 0.29) is 0 Å². The normalized spacial score (nSPS) is 11.5. The van der Waals surface area contributed by atoms with Gasteiger partial charge >= 0.3 is 18.0 Å². The summed E-state index contributed by atoms with van der Waals surface area (Å²) in [5.41, 5.74) is 0. The molecule has 0 aliphatic carbocycles. The van der Waals surface area contributed by atoms with Crippen molar-refractivity contribution in [1.29, 1.82) is 0 Å². The number of carbonyl (C=O) groups excluding carboxylic acids is 2. The van der Waals surface area contributed by atoms with E-state index < -0.39 is 30.4 Å². The SMILES string of the molecule is CCN(CC)C(=O)N[C@@H](CC(=O)OC)C(=O)O. The van der Waals surface area contributed by atoms with E-state index in [1.807, 2.05) is 0 Å². The van der Waals surface area contributed by atoms with Gasteiger partial charge in [0.1, 0.15) is 6.04 Å². The Morgan fingerprint density at radius 1 is 1.29 bits per heavy atom. The molecule has 0 unspecified atom stereocenters. The molecule has 0 radical (unpaired) electrons. The largest absolute Gasteiger partial charge is 0.480 e. The lowest BCUT2D eigenvalue weighted by atomic mass is 10.2. The van der Waals surface area contributed by atoms with Gasteiger partial charge in [-0.3, -0.25) is 4.79 Å². The van der Waals surface area contributed by atoms with E-state index >= 15 is 0 Å². The van der Waals surface area contributed by atoms with Gasteiger partial charge in [0.2, 0.25) is 0 Å². The predicted octanol–water partition coefficient (Wildman–Crippen LogP) is 0.0541. The average Bonchev–Trinajstić information content (AvgIpc) is 2.29. The number of ether oxygens (including phenoxy) is 1. The number of carbonyl (C=O) groups is 3. The molecule has 0 bridgehead atoms. The summed E-state index contributed by atoms with van der Waals surface area (Å²) in [6.45, 7) is 4.48. The fourth-order valence-corrected chi connectivity index (χ4v) is 1.20. The molecule has 0 aromatic heterocycles. The molecule has 0 spiro atoms. The molecular formula is C10H18N2O5. The first-order valence-corrected chi connectivity index (χ1v) is 5.31. The maximum atomic E-state index is 11.6. The second-order valence-electron chi connectivity index (χ2n) is 3.29. The van der Waals surface area contributed by atoms with E-state index in [0.717, 1.165) is 7.11 Å². The van der Waals surface area contributed by atoms with Crippen molar-refractivity contribution in [2.24, 2.45) is 0 Å². The standard InChI is InChI=1S/C10H18N2O5/c1-4-12(5-2)10(16)11-7(9(14)15)6-8(13)17-3/h7H,4-6H2,1-3H3,(H,11,16)(H,14,15)/t7-/m0/s1. The van der Waals surface area contributed by atoms with Crippen LogP contribution in [0.25, 0.3) is 0 Å². The Hall–Kier alpha value is -1.79. The minimum absolute atomic E-state index is 0.390. The lowest BCUT2D eigenvalue weighted by molar-refractivity contribution is -0.147. The number of carboxylic acids is 1. The zero-order valence-electron chi connectivity index (χ0n) is 10.2. The van der Waals surface area contributed by atoms with Crippen molar-refractivity contribution in [2.45, 2.75) is 26.3 Å². The first-order chi connectivity index (χ1) is 7.96. The number of carboxylic acid groups (broad SMARTS) is 1. The van der Waals surface area contributed by atoms with Crippen LogP contribution >= 0.6 is 0 Å². The van der Waals surface area contributed by atoms with Gasteiger partial charge in [0.25, 0.3) is 0 Å². The first kappa shape index (κ1) is 15.2. The van der Waals surface area contributed by atoms with Gasteiger partial charge in [-0.25, -0.2) is 9.59 Å². The van der Waals surface area contributed by atoms with Crippen molar-refractivity contribution in [2.75, 3.05) is 20.2 Å². The van der Waals surface area contributed by atoms with Gasteiger partial charge in [-0.05, 0) is 13.8 Å². The van der Waals surface area contributed by atoms with Gasteiger partial charge in [0, 0.05) is 13.1 Å². The quantitative estimate of drug-likeness (QED) is 0.646. The zero-order chi connectivity index (χ0) is 13.4. The summed E-state index contributed by atoms with van der Waals surface area (Å²) in [5, 5.41) is 11.1. The monoisotopic (exact) mass is 246 g/mol. The summed E-state index contributed by atoms with van der Waals surface area (Å²) < 4.78 is 4.36. The fraction of sp³-hybridized carbons (Fsp3) is 0.700. The number of aliphatic carboxylic acids is 1. The van der Waals surface area contributed by atoms with Crippen LogP contribution in [0.5, 0.6) is 0 Å². The van der Waals surface area contributed by atoms with E-state index in [0.29, 0.717) is 13.1 Å². The molecule has 1 atom stereocenters. The van der Waals surface area contributed by atoms with Gasteiger partial charge in [-0.2, -0.15) is 0 Å². The Morgan fingerprint density at radius 2 is 1.82 bits per heavy atom. The summed E-state index contributed by atoms with van der Waals surface area (Å²) >= 11 is 0. The topological polar surface area (TPSA) is 95.9 Å². The number of hydrogen-bond donors (Lipinski definition) is 2. The third-order valence-electron chi connectivity index (χ3n) is 2.24. The Labute approximate surface area is 99.7 Å². The van der Waals surface area contributed by atoms with Crippen LogP contribution in [0.4, 0.5) is 4.79 Å². The van der Waals surface area contributed by atoms with Crippen LogP contribution in [0.3, 0.4) is 0 Å². The van der Waals surface area contributed by atoms with Crippen LogP contribution in [0.2, 0.25) is 0 Å². The predicted molar refractivity (Wildman–Crippen MR) is 59.5 cm³/mol. The van der Waals surface area contributed by atoms with Crippen molar-refractivity contribution >= 4 is 18.0 Å². The van der Waals surface area contributed by atoms with E-state index in [9.17, 15) is 14.4 Å². The highest BCUT2D eigenvalue weighted by Gasteiger charge is 2.25. The lowest BCUT2D eigenvalue weighted by Gasteiger charge is -2.22. The van der Waals surface area contributed by atoms with Crippen molar-refractivity contribution < 1.29 is 24.2 Å². The number of urea groups is 1. The van der Waals surface area contributed by atoms with Gasteiger partial charge in [-0.1, -0.05) is 0 Å². The molecule has 0 saturated carbocycles. The van der Waals surface area contributed by atoms with Crippen molar-refractivity contribution in [3.8, 4) is 0 Å². The molecule has 0 fully saturated rings. The molecule has 2 N–H and O–H groups in total. The highest BCUT2D eigenvalue weighted by molar-refractivity contribution is 5.86. The van der Waals surface area contributed by atoms with Crippen molar-refractivity contribution in [1.82, 2.24) is 10.2 Å². The Balaban J connectivity index is 4.49. The summed E-state index contributed by atoms with van der Waals surface area (Å²) in [5.74, 6) is -1.95. The average molecular weight is 246 g/mol. The van der Waals surface area contributed by atoms with Crippen LogP contribution in [0.15, 0.2) is 0 Å². The molecule has 0 heterocycles. The molecule has 2 amide bonds. The molecule has 0 saturated heterocycles. The maximum absolute atomic E-state index is 11.6. The van der Waals surface area contributed by atoms with E-state index in [2.05, 4.69) is 10.1 Å². The highest BCUT2D eigenvalue weighted by Crippen LogP contribution is 1.98. The number of nitrogens with one attached hydrogen (secondary N) is 1. The third kappa shape index (κ3) is 5.19. The molecular weight excluding hydrogens is 228 g/mol. The lowest BCUT2D eigenvalue weighted by Crippen LogP contribution is -2.48. The molecule has 7 nitrogen and oxygen atoms in total. The van der Waals surface area contributed by atoms with Gasteiger partial charge < -0.3 is 20.1 Å². The van der Waals surface area contributed by atoms with Gasteiger partial charge in [0.05, 0.1) is 13.5 Å². The minimum Gasteiger partial charge on any atom is -0.480 e. The molecule has 0 aromatic carbocycles. The summed E-state index contributed by atoms with van der Waals surface area (Å²) in [4.78, 5) is 34.8. The van der Waals surface area contributed by atoms with Crippen molar-refractivity contribution in [3.05, 3.63) is 0 Å². The number of hydrogen-bond acceptors (Lipinski definition) is 4. The number of esters is 1. The Kier molecular flexibility index (Phi) is 6.69. The molecule has 0 aliphatic rings. The van der Waals surface area contributed by atoms with Crippen molar-refractivity contribution in [3.63, 3.8) is 0 Å². The second kappa shape index (κ2) is 7.48. The van der Waals surface area contributed by atoms with E-state index in [1.165, 1.54) is 4.90 Å². The summed E-state index contributed by atoms with van der Waals surface area (Å²) in [6.07, 6.45) is -0.390.